The molecule has 0 aromatic heterocycles. The summed E-state index contributed by atoms with van der Waals surface area (Å²) in [6, 6.07) is 0. The van der Waals surface area contributed by atoms with E-state index in [1.807, 2.05) is 13.0 Å². The second-order valence-corrected chi connectivity index (χ2v) is 18.1. The number of methoxy groups -OCH3 is 2. The molecule has 0 saturated carbocycles. The molecule has 0 unspecified atom stereocenters. The Bertz CT molecular complexity index is 1790. The van der Waals surface area contributed by atoms with E-state index in [-0.39, 0.29) is 63.4 Å². The maximum absolute atomic E-state index is 13.4. The molecule has 63 heavy (non-hydrogen) atoms. The van der Waals surface area contributed by atoms with E-state index in [4.69, 9.17) is 37.9 Å². The summed E-state index contributed by atoms with van der Waals surface area (Å²) in [6.07, 6.45) is 6.62. The first-order valence-electron chi connectivity index (χ1n) is 21.9. The second kappa shape index (κ2) is 22.1. The smallest absolute Gasteiger partial charge is 0.331 e. The third-order valence-electron chi connectivity index (χ3n) is 12.4. The first-order chi connectivity index (χ1) is 29.6. The van der Waals surface area contributed by atoms with Crippen molar-refractivity contribution in [3.63, 3.8) is 0 Å². The zero-order chi connectivity index (χ0) is 46.8. The molecule has 10 atom stereocenters. The third-order valence-corrected chi connectivity index (χ3v) is 12.4. The van der Waals surface area contributed by atoms with Gasteiger partial charge in [0, 0.05) is 56.3 Å². The molecule has 16 heteroatoms. The van der Waals surface area contributed by atoms with E-state index in [1.165, 1.54) is 46.3 Å². The Hall–Kier alpha value is -4.19. The lowest BCUT2D eigenvalue weighted by Crippen LogP contribution is -2.62. The van der Waals surface area contributed by atoms with Gasteiger partial charge in [0.1, 0.15) is 12.2 Å². The second-order valence-electron chi connectivity index (χ2n) is 18.1. The van der Waals surface area contributed by atoms with Gasteiger partial charge in [-0.3, -0.25) is 9.59 Å². The fraction of sp³-hybridized carbons (Fsp3) is 0.681. The predicted octanol–water partition coefficient (Wildman–Crippen LogP) is 5.31. The number of rotatable bonds is 9. The molecule has 4 aliphatic rings. The van der Waals surface area contributed by atoms with Gasteiger partial charge in [-0.1, -0.05) is 77.0 Å². The van der Waals surface area contributed by atoms with Crippen LogP contribution in [-0.4, -0.2) is 120 Å². The summed E-state index contributed by atoms with van der Waals surface area (Å²) in [5.74, 6) is -7.74. The van der Waals surface area contributed by atoms with Gasteiger partial charge in [0.05, 0.1) is 50.2 Å². The molecule has 0 radical (unpaired) electrons. The molecule has 352 valence electrons. The van der Waals surface area contributed by atoms with Crippen LogP contribution >= 0.6 is 0 Å². The molecule has 0 amide bonds. The quantitative estimate of drug-likeness (QED) is 0.0878. The molecule has 6 bridgehead atoms. The molecule has 3 fully saturated rings. The van der Waals surface area contributed by atoms with Crippen LogP contribution in [0.15, 0.2) is 59.8 Å². The number of hydrogen-bond donors (Lipinski definition) is 3. The zero-order valence-electron chi connectivity index (χ0n) is 38.2. The number of aliphatic hydroxyl groups excluding tert-OH is 1. The number of ether oxygens (including phenoxy) is 8. The fourth-order valence-corrected chi connectivity index (χ4v) is 8.51. The molecule has 4 rings (SSSR count). The number of allylic oxidation sites excluding steroid dienone is 3. The summed E-state index contributed by atoms with van der Waals surface area (Å²) in [4.78, 5) is 64.6. The van der Waals surface area contributed by atoms with Gasteiger partial charge in [0.2, 0.25) is 5.79 Å². The summed E-state index contributed by atoms with van der Waals surface area (Å²) in [5.41, 5.74) is -1.84. The molecule has 3 saturated heterocycles. The number of unbranched alkanes of at least 4 members (excludes halogenated alkanes) is 1. The first-order valence-corrected chi connectivity index (χ1v) is 21.9. The van der Waals surface area contributed by atoms with Crippen LogP contribution in [0.25, 0.3) is 0 Å². The van der Waals surface area contributed by atoms with Gasteiger partial charge < -0.3 is 53.2 Å². The summed E-state index contributed by atoms with van der Waals surface area (Å²) >= 11 is 0. The van der Waals surface area contributed by atoms with Gasteiger partial charge in [-0.2, -0.15) is 0 Å². The Kier molecular flexibility index (Phi) is 18.1. The van der Waals surface area contributed by atoms with Gasteiger partial charge in [0.15, 0.2) is 11.9 Å². The molecule has 0 aromatic carbocycles. The van der Waals surface area contributed by atoms with Crippen LogP contribution in [0.4, 0.5) is 0 Å². The average molecular weight is 889 g/mol. The van der Waals surface area contributed by atoms with Crippen LogP contribution < -0.4 is 0 Å². The van der Waals surface area contributed by atoms with E-state index in [2.05, 4.69) is 0 Å². The Morgan fingerprint density at radius 3 is 2.25 bits per heavy atom. The fourth-order valence-electron chi connectivity index (χ4n) is 8.51. The zero-order valence-corrected chi connectivity index (χ0v) is 38.2. The van der Waals surface area contributed by atoms with Crippen molar-refractivity contribution in [2.45, 2.75) is 180 Å². The van der Waals surface area contributed by atoms with Crippen LogP contribution in [0.2, 0.25) is 0 Å². The summed E-state index contributed by atoms with van der Waals surface area (Å²) in [7, 11) is 2.44. The van der Waals surface area contributed by atoms with Crippen LogP contribution in [0.1, 0.15) is 119 Å². The molecule has 3 N–H and O–H groups in total. The van der Waals surface area contributed by atoms with Gasteiger partial charge in [-0.25, -0.2) is 14.4 Å². The molecule has 4 heterocycles. The molecular formula is C47H68O16. The number of esters is 5. The minimum absolute atomic E-state index is 0.0904. The van der Waals surface area contributed by atoms with Crippen molar-refractivity contribution in [1.82, 2.24) is 0 Å². The maximum Gasteiger partial charge on any atom is 0.331 e. The highest BCUT2D eigenvalue weighted by atomic mass is 16.7. The minimum Gasteiger partial charge on any atom is -0.466 e. The molecule has 0 spiro atoms. The lowest BCUT2D eigenvalue weighted by atomic mass is 9.70. The van der Waals surface area contributed by atoms with Crippen LogP contribution in [0.5, 0.6) is 0 Å². The highest BCUT2D eigenvalue weighted by molar-refractivity contribution is 5.85. The maximum atomic E-state index is 13.4. The molecule has 0 aromatic rings. The number of hydrogen-bond acceptors (Lipinski definition) is 16. The Morgan fingerprint density at radius 1 is 0.905 bits per heavy atom. The van der Waals surface area contributed by atoms with E-state index in [1.54, 1.807) is 45.9 Å². The van der Waals surface area contributed by atoms with E-state index in [0.29, 0.717) is 5.57 Å². The Morgan fingerprint density at radius 2 is 1.60 bits per heavy atom. The number of carbonyl (C=O) groups is 5. The summed E-state index contributed by atoms with van der Waals surface area (Å²) in [5, 5.41) is 36.3. The van der Waals surface area contributed by atoms with E-state index < -0.39 is 101 Å². The standard InChI is InChI=1S/C47H68O16/c1-10-11-12-13-14-17-40(51)61-43-32(25-42(53)57-9)24-35-26-37(29(2)48)60-39(50)18-15-16-34-27-38(58-30(3)49)45(6,7)46(54,62-34)28-36-22-31(23-41(52)56-8)21-33(59-36)19-20-44(4,5)47(43,55)63-35/h12-14,17,19-20,23,25,29,33-38,43,48,54-55H,10-11,15-16,18,21-22,24,26-28H2,1-9H3/b13-12+,17-14+,20-19+,31-23+,32-25+/t29-,33+,34-,35+,36+,37-,38+,43+,46+,47-/m1/s1. The monoisotopic (exact) mass is 888 g/mol. The Balaban J connectivity index is 1.87. The average Bonchev–Trinajstić information content (AvgIpc) is 3.19. The first kappa shape index (κ1) is 51.4. The normalized spacial score (nSPS) is 35.0. The molecule has 4 aliphatic heterocycles. The lowest BCUT2D eigenvalue weighted by Gasteiger charge is -2.53. The highest BCUT2D eigenvalue weighted by Gasteiger charge is 2.59. The number of carbonyl (C=O) groups excluding carboxylic acids is 5. The van der Waals surface area contributed by atoms with Crippen molar-refractivity contribution in [2.75, 3.05) is 14.2 Å². The van der Waals surface area contributed by atoms with E-state index >= 15 is 0 Å². The van der Waals surface area contributed by atoms with Crippen molar-refractivity contribution in [3.8, 4) is 0 Å². The van der Waals surface area contributed by atoms with E-state index in [0.717, 1.165) is 18.9 Å². The number of aliphatic hydroxyl groups is 3. The van der Waals surface area contributed by atoms with Gasteiger partial charge in [-0.15, -0.1) is 0 Å². The largest absolute Gasteiger partial charge is 0.466 e. The van der Waals surface area contributed by atoms with Crippen LogP contribution in [0.3, 0.4) is 0 Å². The SMILES string of the molecule is CCC/C=C/C=C/C(=O)O[C@H]1/C(=C/C(=O)OC)C[C@H]2C[C@H]([C@@H](C)O)OC(=O)CCC[C@@H]3C[C@H](OC(C)=O)C(C)(C)[C@](O)(C[C@@H]4C/C(=C/C(=O)OC)C[C@H](/C=C/C(C)(C)[C@]1(O)O2)O4)O3. The highest BCUT2D eigenvalue weighted by Crippen LogP contribution is 2.50. The summed E-state index contributed by atoms with van der Waals surface area (Å²) in [6.45, 7) is 11.5. The molecule has 16 nitrogen and oxygen atoms in total. The van der Waals surface area contributed by atoms with Gasteiger partial charge >= 0.3 is 29.8 Å². The van der Waals surface area contributed by atoms with Crippen molar-refractivity contribution in [2.24, 2.45) is 10.8 Å². The van der Waals surface area contributed by atoms with Crippen molar-refractivity contribution in [3.05, 3.63) is 59.8 Å². The van der Waals surface area contributed by atoms with E-state index in [9.17, 15) is 39.3 Å². The van der Waals surface area contributed by atoms with Gasteiger partial charge in [-0.05, 0) is 51.0 Å². The summed E-state index contributed by atoms with van der Waals surface area (Å²) < 4.78 is 47.0. The molecular weight excluding hydrogens is 821 g/mol. The van der Waals surface area contributed by atoms with Crippen molar-refractivity contribution < 1.29 is 77.2 Å². The topological polar surface area (TPSA) is 220 Å². The molecule has 0 aliphatic carbocycles. The Labute approximate surface area is 370 Å². The lowest BCUT2D eigenvalue weighted by molar-refractivity contribution is -0.347. The third kappa shape index (κ3) is 13.4. The predicted molar refractivity (Wildman–Crippen MR) is 227 cm³/mol. The van der Waals surface area contributed by atoms with Gasteiger partial charge in [0.25, 0.3) is 0 Å². The number of cyclic esters (lactones) is 1. The van der Waals surface area contributed by atoms with Crippen LogP contribution in [-0.2, 0) is 61.9 Å². The van der Waals surface area contributed by atoms with Crippen LogP contribution in [0, 0.1) is 10.8 Å². The number of fused-ring (bicyclic) bond motifs is 6. The minimum atomic E-state index is -2.42. The van der Waals surface area contributed by atoms with Crippen molar-refractivity contribution >= 4 is 29.8 Å². The van der Waals surface area contributed by atoms with Crippen molar-refractivity contribution in [1.29, 1.82) is 0 Å².